The van der Waals surface area contributed by atoms with Gasteiger partial charge in [-0.25, -0.2) is 0 Å². The van der Waals surface area contributed by atoms with Crippen LogP contribution in [0.5, 0.6) is 0 Å². The molecular formula is C11H27NOSSi. The minimum absolute atomic E-state index is 0.174. The van der Waals surface area contributed by atoms with Gasteiger partial charge < -0.3 is 4.55 Å². The van der Waals surface area contributed by atoms with E-state index < -0.39 is 19.4 Å². The van der Waals surface area contributed by atoms with E-state index in [1.165, 1.54) is 0 Å². The lowest BCUT2D eigenvalue weighted by Gasteiger charge is -2.35. The molecule has 0 aromatic rings. The van der Waals surface area contributed by atoms with Crippen LogP contribution in [0.1, 0.15) is 34.6 Å². The zero-order chi connectivity index (χ0) is 12.4. The van der Waals surface area contributed by atoms with Crippen LogP contribution in [0.25, 0.3) is 0 Å². The maximum absolute atomic E-state index is 12.0. The molecule has 0 bridgehead atoms. The summed E-state index contributed by atoms with van der Waals surface area (Å²) in [5, 5.41) is 0. The van der Waals surface area contributed by atoms with E-state index in [0.29, 0.717) is 11.6 Å². The summed E-state index contributed by atoms with van der Waals surface area (Å²) in [7, 11) is -1.30. The smallest absolute Gasteiger partial charge is 0.136 e. The van der Waals surface area contributed by atoms with Gasteiger partial charge in [0.25, 0.3) is 0 Å². The van der Waals surface area contributed by atoms with Crippen LogP contribution in [-0.2, 0) is 11.4 Å². The van der Waals surface area contributed by atoms with Gasteiger partial charge in [-0.1, -0.05) is 33.5 Å². The van der Waals surface area contributed by atoms with Gasteiger partial charge in [0.1, 0.15) is 4.75 Å². The van der Waals surface area contributed by atoms with Crippen LogP contribution in [0, 0.1) is 5.92 Å². The van der Waals surface area contributed by atoms with Crippen molar-refractivity contribution in [1.29, 1.82) is 0 Å². The quantitative estimate of drug-likeness (QED) is 0.614. The molecule has 0 aliphatic carbocycles. The molecule has 0 rings (SSSR count). The molecule has 15 heavy (non-hydrogen) atoms. The minimum Gasteiger partial charge on any atom is -0.598 e. The Hall–Kier alpha value is 0.487. The maximum atomic E-state index is 12.0. The van der Waals surface area contributed by atoms with Gasteiger partial charge in [-0.15, -0.1) is 4.72 Å². The summed E-state index contributed by atoms with van der Waals surface area (Å²) in [6.45, 7) is 17.4. The predicted molar refractivity (Wildman–Crippen MR) is 73.0 cm³/mol. The van der Waals surface area contributed by atoms with E-state index in [4.69, 9.17) is 0 Å². The van der Waals surface area contributed by atoms with Crippen molar-refractivity contribution in [2.75, 3.05) is 0 Å². The molecule has 0 aromatic carbocycles. The van der Waals surface area contributed by atoms with E-state index in [1.54, 1.807) is 0 Å². The molecule has 0 heterocycles. The van der Waals surface area contributed by atoms with E-state index >= 15 is 0 Å². The zero-order valence-corrected chi connectivity index (χ0v) is 13.3. The van der Waals surface area contributed by atoms with Crippen LogP contribution < -0.4 is 4.72 Å². The Morgan fingerprint density at radius 1 is 1.13 bits per heavy atom. The van der Waals surface area contributed by atoms with Gasteiger partial charge in [-0.3, -0.25) is 0 Å². The lowest BCUT2D eigenvalue weighted by molar-refractivity contribution is 0.505. The Labute approximate surface area is 99.5 Å². The second kappa shape index (κ2) is 5.21. The first-order chi connectivity index (χ1) is 6.46. The fraction of sp³-hybridized carbons (Fsp3) is 1.00. The Bertz CT molecular complexity index is 196. The number of nitrogens with one attached hydrogen (secondary N) is 1. The van der Waals surface area contributed by atoms with Crippen molar-refractivity contribution >= 4 is 19.4 Å². The van der Waals surface area contributed by atoms with Gasteiger partial charge in [0.2, 0.25) is 0 Å². The number of hydrogen-bond acceptors (Lipinski definition) is 2. The van der Waals surface area contributed by atoms with Crippen LogP contribution >= 0.6 is 0 Å². The Kier molecular flexibility index (Phi) is 5.38. The lowest BCUT2D eigenvalue weighted by Crippen LogP contribution is -2.56. The molecule has 2 atom stereocenters. The molecule has 0 saturated carbocycles. The highest BCUT2D eigenvalue weighted by Crippen LogP contribution is 2.21. The number of rotatable bonds is 4. The fourth-order valence-electron chi connectivity index (χ4n) is 1.60. The Morgan fingerprint density at radius 2 is 1.53 bits per heavy atom. The van der Waals surface area contributed by atoms with Crippen molar-refractivity contribution in [2.45, 2.75) is 64.7 Å². The van der Waals surface area contributed by atoms with Crippen LogP contribution in [0.2, 0.25) is 19.6 Å². The average Bonchev–Trinajstić information content (AvgIpc) is 1.94. The molecule has 0 aliphatic rings. The van der Waals surface area contributed by atoms with Crippen molar-refractivity contribution < 1.29 is 4.55 Å². The molecule has 0 spiro atoms. The first kappa shape index (κ1) is 15.5. The summed E-state index contributed by atoms with van der Waals surface area (Å²) in [5.74, 6) is 0.544. The Balaban J connectivity index is 4.58. The van der Waals surface area contributed by atoms with Crippen molar-refractivity contribution in [3.05, 3.63) is 0 Å². The van der Waals surface area contributed by atoms with Crippen LogP contribution in [0.15, 0.2) is 0 Å². The summed E-state index contributed by atoms with van der Waals surface area (Å²) in [5.41, 5.74) is 0.414. The molecule has 2 nitrogen and oxygen atoms in total. The third kappa shape index (κ3) is 5.38. The van der Waals surface area contributed by atoms with Crippen LogP contribution in [0.3, 0.4) is 0 Å². The average molecular weight is 249 g/mol. The standard InChI is InChI=1S/C11H27NOSSi/c1-9(2)10(15(6,7)8)12-14(13)11(3,4)5/h9-10,12H,1-8H3/t10-,14+/m1/s1. The molecule has 0 unspecified atom stereocenters. The first-order valence-corrected chi connectivity index (χ1v) is 10.4. The summed E-state index contributed by atoms with van der Waals surface area (Å²) in [6, 6.07) is 0. The summed E-state index contributed by atoms with van der Waals surface area (Å²) in [6.07, 6.45) is 0. The maximum Gasteiger partial charge on any atom is 0.136 e. The molecule has 0 radical (unpaired) electrons. The highest BCUT2D eigenvalue weighted by molar-refractivity contribution is 7.90. The Morgan fingerprint density at radius 3 is 1.73 bits per heavy atom. The molecule has 0 aromatic heterocycles. The molecular weight excluding hydrogens is 222 g/mol. The van der Waals surface area contributed by atoms with Gasteiger partial charge in [0, 0.05) is 17.0 Å². The molecule has 92 valence electrons. The summed E-state index contributed by atoms with van der Waals surface area (Å²) in [4.78, 5) is 0. The zero-order valence-electron chi connectivity index (χ0n) is 11.5. The van der Waals surface area contributed by atoms with E-state index in [1.807, 2.05) is 20.8 Å². The fourth-order valence-corrected chi connectivity index (χ4v) is 6.20. The molecule has 0 amide bonds. The van der Waals surface area contributed by atoms with Gasteiger partial charge in [-0.2, -0.15) is 0 Å². The second-order valence-corrected chi connectivity index (χ2v) is 13.9. The SMILES string of the molecule is CC(C)[C@H](N[S@@+]([O-])C(C)(C)C)[Si](C)(C)C. The third-order valence-electron chi connectivity index (χ3n) is 2.39. The van der Waals surface area contributed by atoms with Crippen LogP contribution in [0.4, 0.5) is 0 Å². The number of hydrogen-bond donors (Lipinski definition) is 1. The molecule has 0 saturated heterocycles. The van der Waals surface area contributed by atoms with Crippen molar-refractivity contribution in [3.63, 3.8) is 0 Å². The highest BCUT2D eigenvalue weighted by Gasteiger charge is 2.36. The highest BCUT2D eigenvalue weighted by atomic mass is 32.2. The summed E-state index contributed by atoms with van der Waals surface area (Å²) < 4.78 is 15.2. The van der Waals surface area contributed by atoms with Crippen molar-refractivity contribution in [1.82, 2.24) is 4.72 Å². The van der Waals surface area contributed by atoms with E-state index in [2.05, 4.69) is 38.2 Å². The predicted octanol–water partition coefficient (Wildman–Crippen LogP) is 2.94. The van der Waals surface area contributed by atoms with Crippen molar-refractivity contribution in [3.8, 4) is 0 Å². The van der Waals surface area contributed by atoms with E-state index in [0.717, 1.165) is 0 Å². The molecule has 0 aliphatic heterocycles. The van der Waals surface area contributed by atoms with Crippen LogP contribution in [-0.4, -0.2) is 23.0 Å². The first-order valence-electron chi connectivity index (χ1n) is 5.64. The minimum atomic E-state index is -1.30. The van der Waals surface area contributed by atoms with E-state index in [9.17, 15) is 4.55 Å². The second-order valence-electron chi connectivity index (χ2n) is 6.59. The monoisotopic (exact) mass is 249 g/mol. The topological polar surface area (TPSA) is 35.1 Å². The normalized spacial score (nSPS) is 18.0. The molecule has 0 fully saturated rings. The van der Waals surface area contributed by atoms with E-state index in [-0.39, 0.29) is 4.75 Å². The van der Waals surface area contributed by atoms with Gasteiger partial charge in [-0.05, 0) is 26.7 Å². The molecule has 4 heteroatoms. The van der Waals surface area contributed by atoms with Gasteiger partial charge in [0.15, 0.2) is 0 Å². The molecule has 1 N–H and O–H groups in total. The van der Waals surface area contributed by atoms with Crippen molar-refractivity contribution in [2.24, 2.45) is 5.92 Å². The largest absolute Gasteiger partial charge is 0.598 e. The summed E-state index contributed by atoms with van der Waals surface area (Å²) >= 11 is -0.950. The third-order valence-corrected chi connectivity index (χ3v) is 6.86. The lowest BCUT2D eigenvalue weighted by atomic mass is 10.2. The van der Waals surface area contributed by atoms with Gasteiger partial charge >= 0.3 is 0 Å². The van der Waals surface area contributed by atoms with Gasteiger partial charge in [0.05, 0.1) is 8.07 Å².